The highest BCUT2D eigenvalue weighted by Gasteiger charge is 2.75. The number of ether oxygens (including phenoxy) is 2. The van der Waals surface area contributed by atoms with Gasteiger partial charge in [0.1, 0.15) is 17.7 Å². The van der Waals surface area contributed by atoms with Crippen molar-refractivity contribution >= 4 is 40.2 Å². The number of allylic oxidation sites excluding steroid dienone is 1. The van der Waals surface area contributed by atoms with Crippen LogP contribution in [-0.4, -0.2) is 77.7 Å². The zero-order valence-corrected chi connectivity index (χ0v) is 28.2. The molecule has 6 rings (SSSR count). The average molecular weight is 680 g/mol. The zero-order chi connectivity index (χ0) is 35.3. The number of carbonyl (C=O) groups excluding carboxylic acids is 4. The lowest BCUT2D eigenvalue weighted by atomic mass is 9.70. The van der Waals surface area contributed by atoms with Crippen LogP contribution in [0.15, 0.2) is 98.1 Å². The van der Waals surface area contributed by atoms with E-state index in [-0.39, 0.29) is 50.4 Å². The topological polar surface area (TPSA) is 125 Å². The molecular formula is C40H45N3O7. The monoisotopic (exact) mass is 679 g/mol. The molecule has 0 aliphatic carbocycles. The normalized spacial score (nSPS) is 24.1. The van der Waals surface area contributed by atoms with E-state index in [1.54, 1.807) is 22.0 Å². The molecule has 10 heteroatoms. The van der Waals surface area contributed by atoms with Crippen LogP contribution in [-0.2, 0) is 28.7 Å². The summed E-state index contributed by atoms with van der Waals surface area (Å²) in [6.45, 7) is 8.02. The van der Waals surface area contributed by atoms with Crippen molar-refractivity contribution in [3.05, 3.63) is 104 Å². The first-order chi connectivity index (χ1) is 24.3. The quantitative estimate of drug-likeness (QED) is 0.126. The summed E-state index contributed by atoms with van der Waals surface area (Å²) < 4.78 is 12.8. The standard InChI is InChI=1S/C40H45N3O7/c1-3-5-17-33(45)41-26-32(28-14-7-6-8-15-28)49-39(48)34-31-20-21-40(50-31)35(34)37(46)43(23-11-12-24-44)36(40)38(47)42(22-4-2)30-19-18-27-13-9-10-16-29(27)25-30/h3-4,6-10,13-16,18-19,25,31-32,34-36,44H,1-2,5,11-12,17,20-24,26H2,(H,41,45)/t31-,32+,34+,35+,36-,40+/m1/s1. The molecular weight excluding hydrogens is 634 g/mol. The van der Waals surface area contributed by atoms with Gasteiger partial charge in [-0.1, -0.05) is 72.8 Å². The summed E-state index contributed by atoms with van der Waals surface area (Å²) in [5.41, 5.74) is 0.148. The third-order valence-electron chi connectivity index (χ3n) is 10.2. The molecule has 3 aliphatic heterocycles. The number of benzene rings is 3. The second kappa shape index (κ2) is 15.4. The summed E-state index contributed by atoms with van der Waals surface area (Å²) >= 11 is 0. The molecule has 50 heavy (non-hydrogen) atoms. The Kier molecular flexibility index (Phi) is 10.8. The predicted octanol–water partition coefficient (Wildman–Crippen LogP) is 4.87. The fourth-order valence-corrected chi connectivity index (χ4v) is 7.92. The SMILES string of the molecule is C=CCCC(=O)NC[C@H](OC(=O)[C@@H]1[C@H]2C(=O)N(CCCCO)[C@H](C(=O)N(CC=C)c3ccc4ccccc4c3)[C@]23CC[C@H]1O3)c1ccccc1. The number of carbonyl (C=O) groups is 4. The molecule has 6 atom stereocenters. The lowest BCUT2D eigenvalue weighted by Gasteiger charge is -2.37. The number of aliphatic hydroxyl groups excluding tert-OH is 1. The van der Waals surface area contributed by atoms with E-state index in [9.17, 15) is 24.3 Å². The number of hydrogen-bond acceptors (Lipinski definition) is 7. The Hall–Kier alpha value is -4.80. The van der Waals surface area contributed by atoms with Crippen molar-refractivity contribution in [1.29, 1.82) is 0 Å². The Balaban J connectivity index is 1.31. The Morgan fingerprint density at radius 2 is 1.80 bits per heavy atom. The lowest BCUT2D eigenvalue weighted by Crippen LogP contribution is -2.56. The molecule has 3 fully saturated rings. The van der Waals surface area contributed by atoms with Gasteiger partial charge in [-0.2, -0.15) is 0 Å². The molecule has 0 unspecified atom stereocenters. The number of hydrogen-bond donors (Lipinski definition) is 2. The van der Waals surface area contributed by atoms with Crippen molar-refractivity contribution in [2.45, 2.75) is 62.4 Å². The van der Waals surface area contributed by atoms with Gasteiger partial charge in [-0.05, 0) is 60.6 Å². The summed E-state index contributed by atoms with van der Waals surface area (Å²) in [6, 6.07) is 21.9. The molecule has 2 bridgehead atoms. The summed E-state index contributed by atoms with van der Waals surface area (Å²) in [5.74, 6) is -3.26. The van der Waals surface area contributed by atoms with Crippen LogP contribution in [0.4, 0.5) is 5.69 Å². The molecule has 0 radical (unpaired) electrons. The molecule has 0 saturated carbocycles. The van der Waals surface area contributed by atoms with Crippen LogP contribution in [0.1, 0.15) is 50.2 Å². The first-order valence-corrected chi connectivity index (χ1v) is 17.5. The number of nitrogens with zero attached hydrogens (tertiary/aromatic N) is 2. The number of esters is 1. The third-order valence-corrected chi connectivity index (χ3v) is 10.2. The van der Waals surface area contributed by atoms with Gasteiger partial charge >= 0.3 is 5.97 Å². The Morgan fingerprint density at radius 1 is 1.04 bits per heavy atom. The largest absolute Gasteiger partial charge is 0.455 e. The maximum atomic E-state index is 14.8. The number of likely N-dealkylation sites (tertiary alicyclic amines) is 1. The molecule has 3 heterocycles. The molecule has 3 aromatic carbocycles. The van der Waals surface area contributed by atoms with Crippen LogP contribution in [0.5, 0.6) is 0 Å². The van der Waals surface area contributed by atoms with E-state index in [0.717, 1.165) is 10.8 Å². The highest BCUT2D eigenvalue weighted by molar-refractivity contribution is 6.05. The number of anilines is 1. The highest BCUT2D eigenvalue weighted by Crippen LogP contribution is 2.59. The molecule has 262 valence electrons. The van der Waals surface area contributed by atoms with Gasteiger partial charge in [0, 0.05) is 31.8 Å². The second-order valence-electron chi connectivity index (χ2n) is 13.3. The number of aliphatic hydroxyl groups is 1. The highest BCUT2D eigenvalue weighted by atomic mass is 16.6. The number of fused-ring (bicyclic) bond motifs is 2. The molecule has 3 aliphatic rings. The van der Waals surface area contributed by atoms with Gasteiger partial charge in [-0.25, -0.2) is 0 Å². The van der Waals surface area contributed by atoms with Gasteiger partial charge in [0.05, 0.1) is 24.5 Å². The first kappa shape index (κ1) is 35.0. The van der Waals surface area contributed by atoms with Crippen LogP contribution in [0.2, 0.25) is 0 Å². The molecule has 3 saturated heterocycles. The Labute approximate surface area is 292 Å². The van der Waals surface area contributed by atoms with E-state index in [4.69, 9.17) is 9.47 Å². The number of amides is 3. The van der Waals surface area contributed by atoms with Gasteiger partial charge in [-0.15, -0.1) is 13.2 Å². The van der Waals surface area contributed by atoms with E-state index in [1.807, 2.05) is 72.8 Å². The zero-order valence-electron chi connectivity index (χ0n) is 28.2. The molecule has 1 spiro atoms. The van der Waals surface area contributed by atoms with Gasteiger partial charge < -0.3 is 29.7 Å². The third kappa shape index (κ3) is 6.69. The Morgan fingerprint density at radius 3 is 2.54 bits per heavy atom. The molecule has 3 amide bonds. The van der Waals surface area contributed by atoms with Crippen LogP contribution in [0.25, 0.3) is 10.8 Å². The van der Waals surface area contributed by atoms with Crippen LogP contribution < -0.4 is 10.2 Å². The number of rotatable bonds is 16. The predicted molar refractivity (Wildman–Crippen MR) is 190 cm³/mol. The van der Waals surface area contributed by atoms with Gasteiger partial charge in [0.15, 0.2) is 0 Å². The van der Waals surface area contributed by atoms with E-state index in [0.29, 0.717) is 43.4 Å². The first-order valence-electron chi connectivity index (χ1n) is 17.5. The minimum Gasteiger partial charge on any atom is -0.455 e. The minimum absolute atomic E-state index is 0.0482. The fraction of sp³-hybridized carbons (Fsp3) is 0.400. The van der Waals surface area contributed by atoms with Gasteiger partial charge in [0.2, 0.25) is 11.8 Å². The van der Waals surface area contributed by atoms with E-state index in [1.165, 1.54) is 0 Å². The molecule has 3 aromatic rings. The van der Waals surface area contributed by atoms with Crippen molar-refractivity contribution in [2.24, 2.45) is 11.8 Å². The van der Waals surface area contributed by atoms with Gasteiger partial charge in [0.25, 0.3) is 5.91 Å². The van der Waals surface area contributed by atoms with Crippen molar-refractivity contribution in [1.82, 2.24) is 10.2 Å². The van der Waals surface area contributed by atoms with E-state index in [2.05, 4.69) is 18.5 Å². The second-order valence-corrected chi connectivity index (χ2v) is 13.3. The Bertz CT molecular complexity index is 1740. The summed E-state index contributed by atoms with van der Waals surface area (Å²) in [7, 11) is 0. The van der Waals surface area contributed by atoms with Crippen molar-refractivity contribution in [3.63, 3.8) is 0 Å². The van der Waals surface area contributed by atoms with Crippen molar-refractivity contribution < 1.29 is 33.8 Å². The maximum Gasteiger partial charge on any atom is 0.313 e. The van der Waals surface area contributed by atoms with Crippen molar-refractivity contribution in [3.8, 4) is 0 Å². The van der Waals surface area contributed by atoms with Crippen LogP contribution in [0.3, 0.4) is 0 Å². The summed E-state index contributed by atoms with van der Waals surface area (Å²) in [5, 5.41) is 14.4. The van der Waals surface area contributed by atoms with E-state index >= 15 is 0 Å². The van der Waals surface area contributed by atoms with Gasteiger partial charge in [-0.3, -0.25) is 19.2 Å². The van der Waals surface area contributed by atoms with Crippen molar-refractivity contribution in [2.75, 3.05) is 31.1 Å². The number of nitrogens with one attached hydrogen (secondary N) is 1. The smallest absolute Gasteiger partial charge is 0.313 e. The molecule has 0 aromatic heterocycles. The van der Waals surface area contributed by atoms with Crippen LogP contribution >= 0.6 is 0 Å². The minimum atomic E-state index is -1.22. The maximum absolute atomic E-state index is 14.8. The van der Waals surface area contributed by atoms with Crippen LogP contribution in [0, 0.1) is 11.8 Å². The summed E-state index contributed by atoms with van der Waals surface area (Å²) in [4.78, 5) is 59.2. The average Bonchev–Trinajstić information content (AvgIpc) is 3.78. The summed E-state index contributed by atoms with van der Waals surface area (Å²) in [6.07, 6.45) is 4.57. The van der Waals surface area contributed by atoms with E-state index < -0.39 is 41.7 Å². The number of unbranched alkanes of at least 4 members (excludes halogenated alkanes) is 1. The fourth-order valence-electron chi connectivity index (χ4n) is 7.92. The lowest BCUT2D eigenvalue weighted by molar-refractivity contribution is -0.160. The molecule has 2 N–H and O–H groups in total. The molecule has 10 nitrogen and oxygen atoms in total.